The van der Waals surface area contributed by atoms with Crippen LogP contribution in [0.5, 0.6) is 11.5 Å². The molecule has 9 heteroatoms. The number of aryl methyl sites for hydroxylation is 1. The number of nitrogens with zero attached hydrogens (tertiary/aromatic N) is 2. The molecule has 1 N–H and O–H groups in total. The van der Waals surface area contributed by atoms with Gasteiger partial charge in [0.25, 0.3) is 5.91 Å². The first-order valence-corrected chi connectivity index (χ1v) is 11.0. The van der Waals surface area contributed by atoms with E-state index in [1.165, 1.54) is 6.21 Å². The van der Waals surface area contributed by atoms with Crippen LogP contribution in [0.4, 0.5) is 5.69 Å². The number of benzene rings is 2. The molecule has 0 saturated heterocycles. The molecule has 3 rings (SSSR count). The molecule has 1 aliphatic rings. The fourth-order valence-corrected chi connectivity index (χ4v) is 3.86. The number of carbonyl (C=O) groups excluding carboxylic acids is 1. The second-order valence-corrected chi connectivity index (χ2v) is 8.32. The molecule has 8 nitrogen and oxygen atoms in total. The van der Waals surface area contributed by atoms with Crippen LogP contribution in [0.15, 0.2) is 47.6 Å². The normalized spacial score (nSPS) is 13.3. The summed E-state index contributed by atoms with van der Waals surface area (Å²) in [5.74, 6) is 0.622. The number of sulfonamides is 1. The number of nitrogens with one attached hydrogen (secondary N) is 1. The van der Waals surface area contributed by atoms with E-state index >= 15 is 0 Å². The summed E-state index contributed by atoms with van der Waals surface area (Å²) in [4.78, 5) is 12.4. The number of para-hydroxylation sites is 2. The standard InChI is InChI=1S/C20H23N3O5S/c1-3-15-7-4-5-9-17(15)23(29(2,25)26)14-19(24)22-21-13-16-8-6-10-18-20(16)28-12-11-27-18/h4-10,13H,3,11-12,14H2,1-2H3,(H,22,24)/b21-13-. The van der Waals surface area contributed by atoms with Crippen molar-refractivity contribution in [2.24, 2.45) is 5.10 Å². The van der Waals surface area contributed by atoms with E-state index < -0.39 is 15.9 Å². The first kappa shape index (κ1) is 20.7. The van der Waals surface area contributed by atoms with Gasteiger partial charge in [0, 0.05) is 5.56 Å². The lowest BCUT2D eigenvalue weighted by atomic mass is 10.1. The SMILES string of the molecule is CCc1ccccc1N(CC(=O)N/N=C\c1cccc2c1OCCO2)S(C)(=O)=O. The van der Waals surface area contributed by atoms with Crippen LogP contribution in [0.25, 0.3) is 0 Å². The van der Waals surface area contributed by atoms with Gasteiger partial charge in [-0.3, -0.25) is 9.10 Å². The molecule has 0 spiro atoms. The molecule has 0 bridgehead atoms. The smallest absolute Gasteiger partial charge is 0.260 e. The van der Waals surface area contributed by atoms with E-state index in [4.69, 9.17) is 9.47 Å². The van der Waals surface area contributed by atoms with E-state index in [0.717, 1.165) is 16.1 Å². The highest BCUT2D eigenvalue weighted by molar-refractivity contribution is 7.92. The van der Waals surface area contributed by atoms with Gasteiger partial charge in [0.05, 0.1) is 18.2 Å². The minimum atomic E-state index is -3.65. The highest BCUT2D eigenvalue weighted by Crippen LogP contribution is 2.32. The van der Waals surface area contributed by atoms with Gasteiger partial charge in [0.2, 0.25) is 10.0 Å². The molecule has 1 heterocycles. The van der Waals surface area contributed by atoms with Crippen molar-refractivity contribution >= 4 is 27.8 Å². The van der Waals surface area contributed by atoms with Gasteiger partial charge in [-0.05, 0) is 30.2 Å². The lowest BCUT2D eigenvalue weighted by Gasteiger charge is -2.23. The fraction of sp³-hybridized carbons (Fsp3) is 0.300. The Bertz CT molecular complexity index is 1020. The summed E-state index contributed by atoms with van der Waals surface area (Å²) in [5, 5.41) is 3.94. The first-order chi connectivity index (χ1) is 13.9. The van der Waals surface area contributed by atoms with Crippen LogP contribution >= 0.6 is 0 Å². The van der Waals surface area contributed by atoms with Crippen molar-refractivity contribution < 1.29 is 22.7 Å². The van der Waals surface area contributed by atoms with E-state index in [0.29, 0.717) is 42.4 Å². The van der Waals surface area contributed by atoms with Gasteiger partial charge in [0.1, 0.15) is 19.8 Å². The van der Waals surface area contributed by atoms with E-state index in [1.807, 2.05) is 19.1 Å². The minimum Gasteiger partial charge on any atom is -0.486 e. The number of hydrogen-bond donors (Lipinski definition) is 1. The zero-order valence-corrected chi connectivity index (χ0v) is 17.1. The summed E-state index contributed by atoms with van der Waals surface area (Å²) in [7, 11) is -3.65. The number of anilines is 1. The van der Waals surface area contributed by atoms with Crippen molar-refractivity contribution in [1.82, 2.24) is 5.43 Å². The number of ether oxygens (including phenoxy) is 2. The number of fused-ring (bicyclic) bond motifs is 1. The minimum absolute atomic E-state index is 0.375. The lowest BCUT2D eigenvalue weighted by molar-refractivity contribution is -0.119. The highest BCUT2D eigenvalue weighted by atomic mass is 32.2. The third-order valence-electron chi connectivity index (χ3n) is 4.32. The maximum atomic E-state index is 12.4. The van der Waals surface area contributed by atoms with Crippen molar-refractivity contribution in [3.8, 4) is 11.5 Å². The van der Waals surface area contributed by atoms with Crippen LogP contribution in [0.2, 0.25) is 0 Å². The Balaban J connectivity index is 1.72. The molecule has 0 saturated carbocycles. The molecule has 0 fully saturated rings. The van der Waals surface area contributed by atoms with E-state index in [2.05, 4.69) is 10.5 Å². The molecular weight excluding hydrogens is 394 g/mol. The summed E-state index contributed by atoms with van der Waals surface area (Å²) in [6, 6.07) is 12.5. The van der Waals surface area contributed by atoms with Crippen molar-refractivity contribution in [2.45, 2.75) is 13.3 Å². The zero-order valence-electron chi connectivity index (χ0n) is 16.3. The summed E-state index contributed by atoms with van der Waals surface area (Å²) in [5.41, 5.74) is 4.35. The number of hydrazone groups is 1. The van der Waals surface area contributed by atoms with Crippen molar-refractivity contribution in [3.05, 3.63) is 53.6 Å². The molecule has 2 aromatic carbocycles. The predicted molar refractivity (Wildman–Crippen MR) is 111 cm³/mol. The van der Waals surface area contributed by atoms with Crippen LogP contribution < -0.4 is 19.2 Å². The average molecular weight is 417 g/mol. The maximum absolute atomic E-state index is 12.4. The predicted octanol–water partition coefficient (Wildman–Crippen LogP) is 1.94. The van der Waals surface area contributed by atoms with Gasteiger partial charge in [0.15, 0.2) is 11.5 Å². The topological polar surface area (TPSA) is 97.3 Å². The third-order valence-corrected chi connectivity index (χ3v) is 5.44. The Hall–Kier alpha value is -3.07. The van der Waals surface area contributed by atoms with Crippen LogP contribution in [0.1, 0.15) is 18.1 Å². The van der Waals surface area contributed by atoms with E-state index in [1.54, 1.807) is 30.3 Å². The molecule has 0 atom stereocenters. The molecule has 29 heavy (non-hydrogen) atoms. The van der Waals surface area contributed by atoms with E-state index in [-0.39, 0.29) is 6.54 Å². The number of carbonyl (C=O) groups is 1. The van der Waals surface area contributed by atoms with E-state index in [9.17, 15) is 13.2 Å². The number of rotatable bonds is 7. The largest absolute Gasteiger partial charge is 0.486 e. The average Bonchev–Trinajstić information content (AvgIpc) is 2.71. The maximum Gasteiger partial charge on any atom is 0.260 e. The zero-order chi connectivity index (χ0) is 20.9. The van der Waals surface area contributed by atoms with Gasteiger partial charge >= 0.3 is 0 Å². The molecule has 2 aromatic rings. The van der Waals surface area contributed by atoms with Gasteiger partial charge in [-0.1, -0.05) is 31.2 Å². The monoisotopic (exact) mass is 417 g/mol. The quantitative estimate of drug-likeness (QED) is 0.548. The Morgan fingerprint density at radius 3 is 2.69 bits per heavy atom. The molecular formula is C20H23N3O5S. The summed E-state index contributed by atoms with van der Waals surface area (Å²) < 4.78 is 36.7. The lowest BCUT2D eigenvalue weighted by Crippen LogP contribution is -2.39. The van der Waals surface area contributed by atoms with Crippen molar-refractivity contribution in [3.63, 3.8) is 0 Å². The van der Waals surface area contributed by atoms with Gasteiger partial charge in [-0.15, -0.1) is 0 Å². The van der Waals surface area contributed by atoms with Crippen molar-refractivity contribution in [1.29, 1.82) is 0 Å². The van der Waals surface area contributed by atoms with Gasteiger partial charge in [-0.2, -0.15) is 5.10 Å². The van der Waals surface area contributed by atoms with Gasteiger partial charge in [-0.25, -0.2) is 13.8 Å². The van der Waals surface area contributed by atoms with Crippen LogP contribution in [0, 0.1) is 0 Å². The second kappa shape index (κ2) is 8.95. The molecule has 1 amide bonds. The van der Waals surface area contributed by atoms with Crippen LogP contribution in [-0.2, 0) is 21.2 Å². The first-order valence-electron chi connectivity index (χ1n) is 9.16. The molecule has 0 aliphatic carbocycles. The highest BCUT2D eigenvalue weighted by Gasteiger charge is 2.22. The Morgan fingerprint density at radius 1 is 1.17 bits per heavy atom. The molecule has 0 unspecified atom stereocenters. The summed E-state index contributed by atoms with van der Waals surface area (Å²) in [6.45, 7) is 2.46. The fourth-order valence-electron chi connectivity index (χ4n) is 2.97. The second-order valence-electron chi connectivity index (χ2n) is 6.42. The third kappa shape index (κ3) is 5.05. The molecule has 0 radical (unpaired) electrons. The Kier molecular flexibility index (Phi) is 6.38. The van der Waals surface area contributed by atoms with Gasteiger partial charge < -0.3 is 9.47 Å². The summed E-state index contributed by atoms with van der Waals surface area (Å²) >= 11 is 0. The molecule has 154 valence electrons. The number of amides is 1. The van der Waals surface area contributed by atoms with Crippen LogP contribution in [-0.4, -0.2) is 46.6 Å². The molecule has 0 aromatic heterocycles. The number of hydrogen-bond acceptors (Lipinski definition) is 6. The summed E-state index contributed by atoms with van der Waals surface area (Å²) in [6.07, 6.45) is 3.16. The van der Waals surface area contributed by atoms with Crippen molar-refractivity contribution in [2.75, 3.05) is 30.3 Å². The van der Waals surface area contributed by atoms with Crippen LogP contribution in [0.3, 0.4) is 0 Å². The Labute approximate surface area is 170 Å². The molecule has 1 aliphatic heterocycles. The Morgan fingerprint density at radius 2 is 1.93 bits per heavy atom.